The molecule has 0 aliphatic rings. The molecular weight excluding hydrogens is 316 g/mol. The van der Waals surface area contributed by atoms with E-state index in [1.807, 2.05) is 43.1 Å². The highest BCUT2D eigenvalue weighted by molar-refractivity contribution is 7.17. The maximum atomic E-state index is 4.72. The van der Waals surface area contributed by atoms with E-state index in [4.69, 9.17) is 4.98 Å². The Morgan fingerprint density at radius 3 is 2.50 bits per heavy atom. The fourth-order valence-electron chi connectivity index (χ4n) is 2.76. The Morgan fingerprint density at radius 1 is 0.958 bits per heavy atom. The van der Waals surface area contributed by atoms with E-state index >= 15 is 0 Å². The normalized spacial score (nSPS) is 10.9. The number of pyridine rings is 1. The van der Waals surface area contributed by atoms with Gasteiger partial charge in [0.1, 0.15) is 22.3 Å². The van der Waals surface area contributed by atoms with Crippen molar-refractivity contribution in [3.8, 4) is 11.1 Å². The van der Waals surface area contributed by atoms with Crippen LogP contribution < -0.4 is 4.90 Å². The quantitative estimate of drug-likeness (QED) is 0.539. The van der Waals surface area contributed by atoms with Gasteiger partial charge in [0.2, 0.25) is 0 Å². The fourth-order valence-corrected chi connectivity index (χ4v) is 3.75. The largest absolute Gasteiger partial charge is 0.313 e. The summed E-state index contributed by atoms with van der Waals surface area (Å²) < 4.78 is 0. The molecule has 4 nitrogen and oxygen atoms in total. The van der Waals surface area contributed by atoms with Crippen LogP contribution in [-0.2, 0) is 0 Å². The highest BCUT2D eigenvalue weighted by Gasteiger charge is 2.18. The van der Waals surface area contributed by atoms with Crippen molar-refractivity contribution in [1.82, 2.24) is 15.0 Å². The summed E-state index contributed by atoms with van der Waals surface area (Å²) >= 11 is 1.65. The number of aryl methyl sites for hydroxylation is 1. The van der Waals surface area contributed by atoms with Crippen molar-refractivity contribution in [3.05, 3.63) is 65.9 Å². The number of nitrogens with zero attached hydrogens (tertiary/aromatic N) is 4. The first-order valence-electron chi connectivity index (χ1n) is 7.70. The maximum Gasteiger partial charge on any atom is 0.147 e. The number of hydrogen-bond donors (Lipinski definition) is 0. The van der Waals surface area contributed by atoms with Gasteiger partial charge in [-0.3, -0.25) is 0 Å². The third-order valence-electron chi connectivity index (χ3n) is 3.92. The Kier molecular flexibility index (Phi) is 3.70. The number of fused-ring (bicyclic) bond motifs is 1. The average molecular weight is 332 g/mol. The molecule has 3 heterocycles. The molecule has 1 aromatic carbocycles. The minimum atomic E-state index is 0.766. The predicted octanol–water partition coefficient (Wildman–Crippen LogP) is 4.83. The Morgan fingerprint density at radius 2 is 1.75 bits per heavy atom. The summed E-state index contributed by atoms with van der Waals surface area (Å²) in [5.74, 6) is 2.51. The Bertz CT molecular complexity index is 980. The summed E-state index contributed by atoms with van der Waals surface area (Å²) in [6.45, 7) is 1.93. The minimum absolute atomic E-state index is 0.766. The SMILES string of the molecule is Cc1nc(N(C)c2ccccn2)c2c(-c3ccccc3)csc2n1. The van der Waals surface area contributed by atoms with E-state index in [0.717, 1.165) is 33.2 Å². The van der Waals surface area contributed by atoms with Crippen molar-refractivity contribution in [1.29, 1.82) is 0 Å². The van der Waals surface area contributed by atoms with Crippen LogP contribution in [-0.4, -0.2) is 22.0 Å². The van der Waals surface area contributed by atoms with Gasteiger partial charge >= 0.3 is 0 Å². The van der Waals surface area contributed by atoms with Gasteiger partial charge in [-0.1, -0.05) is 36.4 Å². The molecular formula is C19H16N4S. The molecule has 5 heteroatoms. The third kappa shape index (κ3) is 2.53. The van der Waals surface area contributed by atoms with Crippen LogP contribution >= 0.6 is 11.3 Å². The molecule has 0 bridgehead atoms. The second kappa shape index (κ2) is 6.02. The van der Waals surface area contributed by atoms with Gasteiger partial charge in [-0.15, -0.1) is 11.3 Å². The van der Waals surface area contributed by atoms with E-state index in [-0.39, 0.29) is 0 Å². The molecule has 0 atom stereocenters. The monoisotopic (exact) mass is 332 g/mol. The van der Waals surface area contributed by atoms with Gasteiger partial charge in [0.05, 0.1) is 5.39 Å². The van der Waals surface area contributed by atoms with Gasteiger partial charge in [-0.25, -0.2) is 15.0 Å². The van der Waals surface area contributed by atoms with E-state index in [9.17, 15) is 0 Å². The lowest BCUT2D eigenvalue weighted by atomic mass is 10.1. The van der Waals surface area contributed by atoms with Crippen molar-refractivity contribution < 1.29 is 0 Å². The van der Waals surface area contributed by atoms with Gasteiger partial charge in [0.25, 0.3) is 0 Å². The molecule has 0 radical (unpaired) electrons. The molecule has 4 rings (SSSR count). The smallest absolute Gasteiger partial charge is 0.147 e. The number of anilines is 2. The Balaban J connectivity index is 1.96. The van der Waals surface area contributed by atoms with Crippen LogP contribution in [0.2, 0.25) is 0 Å². The lowest BCUT2D eigenvalue weighted by Crippen LogP contribution is -2.14. The first-order chi connectivity index (χ1) is 11.7. The van der Waals surface area contributed by atoms with Crippen LogP contribution in [0.5, 0.6) is 0 Å². The minimum Gasteiger partial charge on any atom is -0.313 e. The van der Waals surface area contributed by atoms with E-state index in [1.54, 1.807) is 17.5 Å². The third-order valence-corrected chi connectivity index (χ3v) is 4.79. The van der Waals surface area contributed by atoms with Crippen LogP contribution in [0.3, 0.4) is 0 Å². The molecule has 0 saturated carbocycles. The Hall–Kier alpha value is -2.79. The zero-order chi connectivity index (χ0) is 16.5. The highest BCUT2D eigenvalue weighted by atomic mass is 32.1. The molecule has 118 valence electrons. The van der Waals surface area contributed by atoms with Gasteiger partial charge in [-0.05, 0) is 24.6 Å². The van der Waals surface area contributed by atoms with Crippen LogP contribution in [0.4, 0.5) is 11.6 Å². The molecule has 4 aromatic rings. The number of aromatic nitrogens is 3. The molecule has 0 aliphatic carbocycles. The average Bonchev–Trinajstić information content (AvgIpc) is 3.05. The van der Waals surface area contributed by atoms with Crippen LogP contribution in [0.25, 0.3) is 21.3 Å². The highest BCUT2D eigenvalue weighted by Crippen LogP contribution is 2.39. The maximum absolute atomic E-state index is 4.72. The summed E-state index contributed by atoms with van der Waals surface area (Å²) in [6.07, 6.45) is 1.79. The van der Waals surface area contributed by atoms with Gasteiger partial charge in [0, 0.05) is 24.2 Å². The molecule has 0 aliphatic heterocycles. The zero-order valence-corrected chi connectivity index (χ0v) is 14.3. The summed E-state index contributed by atoms with van der Waals surface area (Å²) in [7, 11) is 2.00. The van der Waals surface area contributed by atoms with Crippen LogP contribution in [0, 0.1) is 6.92 Å². The molecule has 3 aromatic heterocycles. The molecule has 0 N–H and O–H groups in total. The van der Waals surface area contributed by atoms with E-state index < -0.39 is 0 Å². The van der Waals surface area contributed by atoms with E-state index in [1.165, 1.54) is 5.56 Å². The Labute approximate surface area is 144 Å². The summed E-state index contributed by atoms with van der Waals surface area (Å²) in [6, 6.07) is 16.2. The van der Waals surface area contributed by atoms with Crippen molar-refractivity contribution >= 4 is 33.2 Å². The fraction of sp³-hybridized carbons (Fsp3) is 0.105. The molecule has 24 heavy (non-hydrogen) atoms. The lowest BCUT2D eigenvalue weighted by molar-refractivity contribution is 1.03. The van der Waals surface area contributed by atoms with Gasteiger partial charge < -0.3 is 4.90 Å². The first kappa shape index (κ1) is 14.8. The van der Waals surface area contributed by atoms with E-state index in [0.29, 0.717) is 0 Å². The molecule has 0 saturated heterocycles. The van der Waals surface area contributed by atoms with Gasteiger partial charge in [0.15, 0.2) is 0 Å². The number of thiophene rings is 1. The first-order valence-corrected chi connectivity index (χ1v) is 8.58. The van der Waals surface area contributed by atoms with Crippen molar-refractivity contribution in [2.45, 2.75) is 6.92 Å². The van der Waals surface area contributed by atoms with Crippen LogP contribution in [0.15, 0.2) is 60.1 Å². The topological polar surface area (TPSA) is 41.9 Å². The molecule has 0 fully saturated rings. The van der Waals surface area contributed by atoms with Crippen molar-refractivity contribution in [2.75, 3.05) is 11.9 Å². The summed E-state index contributed by atoms with van der Waals surface area (Å²) in [5.41, 5.74) is 2.33. The van der Waals surface area contributed by atoms with Crippen molar-refractivity contribution in [2.24, 2.45) is 0 Å². The number of hydrogen-bond acceptors (Lipinski definition) is 5. The second-order valence-corrected chi connectivity index (χ2v) is 6.40. The summed E-state index contributed by atoms with van der Waals surface area (Å²) in [4.78, 5) is 16.8. The van der Waals surface area contributed by atoms with Gasteiger partial charge in [-0.2, -0.15) is 0 Å². The standard InChI is InChI=1S/C19H16N4S/c1-13-21-18(23(2)16-10-6-7-11-20-16)17-15(12-24-19(17)22-13)14-8-4-3-5-9-14/h3-12H,1-2H3. The van der Waals surface area contributed by atoms with E-state index in [2.05, 4.69) is 39.6 Å². The second-order valence-electron chi connectivity index (χ2n) is 5.54. The van der Waals surface area contributed by atoms with Crippen LogP contribution in [0.1, 0.15) is 5.82 Å². The molecule has 0 unspecified atom stereocenters. The van der Waals surface area contributed by atoms with Crippen molar-refractivity contribution in [3.63, 3.8) is 0 Å². The summed E-state index contributed by atoms with van der Waals surface area (Å²) in [5, 5.41) is 3.23. The molecule has 0 amide bonds. The lowest BCUT2D eigenvalue weighted by Gasteiger charge is -2.19. The zero-order valence-electron chi connectivity index (χ0n) is 13.5. The molecule has 0 spiro atoms. The number of rotatable bonds is 3. The predicted molar refractivity (Wildman–Crippen MR) is 99.9 cm³/mol. The number of benzene rings is 1.